The minimum absolute atomic E-state index is 0.101. The predicted molar refractivity (Wildman–Crippen MR) is 63.7 cm³/mol. The van der Waals surface area contributed by atoms with Gasteiger partial charge in [0.2, 0.25) is 5.65 Å². The van der Waals surface area contributed by atoms with Gasteiger partial charge in [0.15, 0.2) is 11.8 Å². The Morgan fingerprint density at radius 3 is 3.00 bits per heavy atom. The third kappa shape index (κ3) is 2.52. The zero-order valence-corrected chi connectivity index (χ0v) is 10.0. The first-order valence-electron chi connectivity index (χ1n) is 5.45. The molecule has 8 heteroatoms. The normalized spacial score (nSPS) is 12.5. The van der Waals surface area contributed by atoms with Gasteiger partial charge in [0.1, 0.15) is 0 Å². The molecule has 1 atom stereocenters. The second-order valence-corrected chi connectivity index (χ2v) is 3.86. The SMILES string of the molecule is C[C@@H](OCc1nc2ccccn2c1[N+](=O)[O-])C(=O)O. The van der Waals surface area contributed by atoms with Gasteiger partial charge < -0.3 is 20.0 Å². The van der Waals surface area contributed by atoms with Crippen LogP contribution >= 0.6 is 0 Å². The topological polar surface area (TPSA) is 107 Å². The molecule has 1 N–H and O–H groups in total. The summed E-state index contributed by atoms with van der Waals surface area (Å²) in [7, 11) is 0. The van der Waals surface area contributed by atoms with E-state index in [1.807, 2.05) is 0 Å². The van der Waals surface area contributed by atoms with Gasteiger partial charge in [0.25, 0.3) is 0 Å². The second-order valence-electron chi connectivity index (χ2n) is 3.86. The van der Waals surface area contributed by atoms with Crippen LogP contribution in [0.25, 0.3) is 5.65 Å². The highest BCUT2D eigenvalue weighted by molar-refractivity contribution is 5.71. The monoisotopic (exact) mass is 265 g/mol. The lowest BCUT2D eigenvalue weighted by Crippen LogP contribution is -2.19. The number of aromatic nitrogens is 2. The van der Waals surface area contributed by atoms with E-state index < -0.39 is 17.0 Å². The summed E-state index contributed by atoms with van der Waals surface area (Å²) in [5, 5.41) is 19.7. The Kier molecular flexibility index (Phi) is 3.43. The third-order valence-electron chi connectivity index (χ3n) is 2.56. The summed E-state index contributed by atoms with van der Waals surface area (Å²) in [4.78, 5) is 25.2. The molecule has 2 aromatic heterocycles. The Balaban J connectivity index is 2.34. The van der Waals surface area contributed by atoms with Gasteiger partial charge in [-0.15, -0.1) is 0 Å². The largest absolute Gasteiger partial charge is 0.479 e. The fourth-order valence-corrected chi connectivity index (χ4v) is 1.60. The van der Waals surface area contributed by atoms with E-state index >= 15 is 0 Å². The first kappa shape index (κ1) is 13.0. The van der Waals surface area contributed by atoms with Gasteiger partial charge in [-0.3, -0.25) is 0 Å². The molecule has 2 rings (SSSR count). The van der Waals surface area contributed by atoms with Crippen molar-refractivity contribution in [2.75, 3.05) is 0 Å². The Labute approximate surface area is 107 Å². The highest BCUT2D eigenvalue weighted by Crippen LogP contribution is 2.21. The van der Waals surface area contributed by atoms with Gasteiger partial charge >= 0.3 is 11.8 Å². The van der Waals surface area contributed by atoms with E-state index in [0.29, 0.717) is 5.65 Å². The maximum Gasteiger partial charge on any atom is 0.353 e. The van der Waals surface area contributed by atoms with Crippen molar-refractivity contribution in [1.82, 2.24) is 9.38 Å². The number of nitro groups is 1. The van der Waals surface area contributed by atoms with Gasteiger partial charge in [0, 0.05) is 6.07 Å². The Morgan fingerprint density at radius 1 is 1.63 bits per heavy atom. The predicted octanol–water partition coefficient (Wildman–Crippen LogP) is 1.23. The number of hydrogen-bond donors (Lipinski definition) is 1. The average Bonchev–Trinajstić information content (AvgIpc) is 2.73. The van der Waals surface area contributed by atoms with Crippen molar-refractivity contribution in [2.24, 2.45) is 0 Å². The van der Waals surface area contributed by atoms with Gasteiger partial charge in [0.05, 0.1) is 12.8 Å². The molecule has 0 unspecified atom stereocenters. The quantitative estimate of drug-likeness (QED) is 0.643. The number of carbonyl (C=O) groups is 1. The zero-order valence-electron chi connectivity index (χ0n) is 10.0. The van der Waals surface area contributed by atoms with Gasteiger partial charge in [-0.1, -0.05) is 6.07 Å². The maximum atomic E-state index is 11.0. The van der Waals surface area contributed by atoms with Gasteiger partial charge in [-0.25, -0.2) is 9.78 Å². The smallest absolute Gasteiger partial charge is 0.353 e. The van der Waals surface area contributed by atoms with E-state index in [9.17, 15) is 14.9 Å². The van der Waals surface area contributed by atoms with Crippen LogP contribution in [0, 0.1) is 10.1 Å². The summed E-state index contributed by atoms with van der Waals surface area (Å²) in [6.45, 7) is 1.12. The van der Waals surface area contributed by atoms with Crippen LogP contribution in [-0.4, -0.2) is 31.5 Å². The lowest BCUT2D eigenvalue weighted by atomic mass is 10.4. The van der Waals surface area contributed by atoms with E-state index in [0.717, 1.165) is 0 Å². The maximum absolute atomic E-state index is 11.0. The number of fused-ring (bicyclic) bond motifs is 1. The minimum Gasteiger partial charge on any atom is -0.479 e. The number of carboxylic acids is 1. The molecule has 0 spiro atoms. The Morgan fingerprint density at radius 2 is 2.37 bits per heavy atom. The molecular weight excluding hydrogens is 254 g/mol. The average molecular weight is 265 g/mol. The molecule has 2 heterocycles. The van der Waals surface area contributed by atoms with Crippen molar-refractivity contribution >= 4 is 17.4 Å². The number of pyridine rings is 1. The van der Waals surface area contributed by atoms with E-state index in [1.165, 1.54) is 17.5 Å². The summed E-state index contributed by atoms with van der Waals surface area (Å²) in [6.07, 6.45) is 0.467. The standard InChI is InChI=1S/C11H11N3O5/c1-7(11(15)16)19-6-8-10(14(17)18)13-5-3-2-4-9(13)12-8/h2-5,7H,6H2,1H3,(H,15,16)/t7-/m1/s1. The van der Waals surface area contributed by atoms with Crippen molar-refractivity contribution < 1.29 is 19.6 Å². The molecule has 0 fully saturated rings. The first-order chi connectivity index (χ1) is 9.00. The van der Waals surface area contributed by atoms with Crippen molar-refractivity contribution in [3.63, 3.8) is 0 Å². The lowest BCUT2D eigenvalue weighted by molar-refractivity contribution is -0.391. The van der Waals surface area contributed by atoms with E-state index in [4.69, 9.17) is 9.84 Å². The molecule has 0 aliphatic carbocycles. The fourth-order valence-electron chi connectivity index (χ4n) is 1.60. The lowest BCUT2D eigenvalue weighted by Gasteiger charge is -2.06. The molecular formula is C11H11N3O5. The summed E-state index contributed by atoms with van der Waals surface area (Å²) in [6, 6.07) is 4.97. The van der Waals surface area contributed by atoms with Gasteiger partial charge in [-0.2, -0.15) is 4.40 Å². The summed E-state index contributed by atoms with van der Waals surface area (Å²) < 4.78 is 6.35. The van der Waals surface area contributed by atoms with E-state index in [-0.39, 0.29) is 18.1 Å². The molecule has 0 aromatic carbocycles. The van der Waals surface area contributed by atoms with Gasteiger partial charge in [-0.05, 0) is 17.9 Å². The number of carboxylic acid groups (broad SMARTS) is 1. The molecule has 0 radical (unpaired) electrons. The summed E-state index contributed by atoms with van der Waals surface area (Å²) in [5.74, 6) is -1.35. The number of nitrogens with zero attached hydrogens (tertiary/aromatic N) is 3. The van der Waals surface area contributed by atoms with Crippen LogP contribution in [0.2, 0.25) is 0 Å². The van der Waals surface area contributed by atoms with Crippen LogP contribution in [0.1, 0.15) is 12.6 Å². The minimum atomic E-state index is -1.13. The molecule has 0 bridgehead atoms. The van der Waals surface area contributed by atoms with E-state index in [1.54, 1.807) is 18.2 Å². The number of hydrogen-bond acceptors (Lipinski definition) is 5. The van der Waals surface area contributed by atoms with Crippen LogP contribution in [0.4, 0.5) is 5.82 Å². The zero-order chi connectivity index (χ0) is 14.0. The number of rotatable bonds is 5. The second kappa shape index (κ2) is 5.02. The van der Waals surface area contributed by atoms with Crippen LogP contribution in [0.15, 0.2) is 24.4 Å². The molecule has 0 aliphatic rings. The van der Waals surface area contributed by atoms with Crippen molar-refractivity contribution in [3.8, 4) is 0 Å². The van der Waals surface area contributed by atoms with Crippen LogP contribution in [-0.2, 0) is 16.1 Å². The molecule has 0 amide bonds. The molecule has 0 aliphatic heterocycles. The number of aliphatic carboxylic acids is 1. The van der Waals surface area contributed by atoms with E-state index in [2.05, 4.69) is 4.98 Å². The fraction of sp³-hybridized carbons (Fsp3) is 0.273. The molecule has 2 aromatic rings. The van der Waals surface area contributed by atoms with Crippen molar-refractivity contribution in [1.29, 1.82) is 0 Å². The Bertz CT molecular complexity index is 636. The summed E-state index contributed by atoms with van der Waals surface area (Å²) in [5.41, 5.74) is 0.514. The van der Waals surface area contributed by atoms with Crippen LogP contribution in [0.3, 0.4) is 0 Å². The molecule has 0 saturated carbocycles. The molecule has 0 saturated heterocycles. The van der Waals surface area contributed by atoms with Crippen LogP contribution in [0.5, 0.6) is 0 Å². The molecule has 100 valence electrons. The highest BCUT2D eigenvalue weighted by Gasteiger charge is 2.23. The van der Waals surface area contributed by atoms with Crippen LogP contribution < -0.4 is 0 Å². The summed E-state index contributed by atoms with van der Waals surface area (Å²) >= 11 is 0. The third-order valence-corrected chi connectivity index (χ3v) is 2.56. The molecule has 8 nitrogen and oxygen atoms in total. The first-order valence-corrected chi connectivity index (χ1v) is 5.45. The van der Waals surface area contributed by atoms with Crippen molar-refractivity contribution in [2.45, 2.75) is 19.6 Å². The molecule has 19 heavy (non-hydrogen) atoms. The Hall–Kier alpha value is -2.48. The van der Waals surface area contributed by atoms with Crippen molar-refractivity contribution in [3.05, 3.63) is 40.2 Å². The highest BCUT2D eigenvalue weighted by atomic mass is 16.6. The number of ether oxygens (including phenoxy) is 1. The number of imidazole rings is 1.